The molecule has 0 aliphatic carbocycles. The van der Waals surface area contributed by atoms with Gasteiger partial charge in [-0.3, -0.25) is 9.88 Å². The Kier molecular flexibility index (Phi) is 5.16. The van der Waals surface area contributed by atoms with E-state index < -0.39 is 12.1 Å². The normalized spacial score (nSPS) is 17.0. The second-order valence-electron chi connectivity index (χ2n) is 5.98. The van der Waals surface area contributed by atoms with Crippen LogP contribution in [0, 0.1) is 12.8 Å². The number of likely N-dealkylation sites (tertiary alicyclic amines) is 1. The molecule has 0 unspecified atom stereocenters. The summed E-state index contributed by atoms with van der Waals surface area (Å²) >= 11 is 0. The zero-order valence-corrected chi connectivity index (χ0v) is 13.7. The summed E-state index contributed by atoms with van der Waals surface area (Å²) in [5.74, 6) is -0.413. The van der Waals surface area contributed by atoms with Crippen molar-refractivity contribution < 1.29 is 22.3 Å². The molecule has 25 heavy (non-hydrogen) atoms. The average molecular weight is 357 g/mol. The van der Waals surface area contributed by atoms with E-state index in [-0.39, 0.29) is 12.4 Å². The van der Waals surface area contributed by atoms with Gasteiger partial charge in [0.1, 0.15) is 0 Å². The summed E-state index contributed by atoms with van der Waals surface area (Å²) in [6, 6.07) is 0. The van der Waals surface area contributed by atoms with Crippen molar-refractivity contribution in [2.75, 3.05) is 19.7 Å². The number of hydrogen-bond donors (Lipinski definition) is 0. The average Bonchev–Trinajstić information content (AvgIpc) is 3.04. The van der Waals surface area contributed by atoms with Crippen molar-refractivity contribution in [2.45, 2.75) is 32.5 Å². The lowest BCUT2D eigenvalue weighted by molar-refractivity contribution is -0.157. The molecular formula is C15H18F3N5O2. The fourth-order valence-corrected chi connectivity index (χ4v) is 2.67. The van der Waals surface area contributed by atoms with Crippen LogP contribution in [0.1, 0.15) is 30.3 Å². The number of aryl methyl sites for hydroxylation is 1. The van der Waals surface area contributed by atoms with Crippen molar-refractivity contribution in [3.63, 3.8) is 0 Å². The van der Waals surface area contributed by atoms with Crippen molar-refractivity contribution in [1.29, 1.82) is 0 Å². The predicted molar refractivity (Wildman–Crippen MR) is 79.6 cm³/mol. The van der Waals surface area contributed by atoms with Gasteiger partial charge in [-0.1, -0.05) is 0 Å². The number of alkyl halides is 3. The van der Waals surface area contributed by atoms with E-state index >= 15 is 0 Å². The molecule has 0 spiro atoms. The molecule has 2 aromatic rings. The first kappa shape index (κ1) is 17.6. The van der Waals surface area contributed by atoms with Gasteiger partial charge in [-0.25, -0.2) is 4.98 Å². The Morgan fingerprint density at radius 3 is 2.56 bits per heavy atom. The first-order valence-electron chi connectivity index (χ1n) is 7.94. The molecule has 0 N–H and O–H groups in total. The molecule has 136 valence electrons. The van der Waals surface area contributed by atoms with E-state index in [0.717, 1.165) is 31.6 Å². The van der Waals surface area contributed by atoms with Gasteiger partial charge in [-0.2, -0.15) is 13.2 Å². The molecule has 0 bridgehead atoms. The molecule has 0 atom stereocenters. The highest BCUT2D eigenvalue weighted by molar-refractivity contribution is 5.14. The van der Waals surface area contributed by atoms with Crippen LogP contribution in [0.15, 0.2) is 16.8 Å². The SMILES string of the molecule is Cc1nccnc1OCC1CCN(Cc2nnc(C(F)(F)F)o2)CC1. The lowest BCUT2D eigenvalue weighted by Gasteiger charge is -2.30. The minimum atomic E-state index is -4.60. The van der Waals surface area contributed by atoms with Crippen LogP contribution in [0.25, 0.3) is 0 Å². The van der Waals surface area contributed by atoms with Crippen molar-refractivity contribution in [3.05, 3.63) is 29.9 Å². The number of nitrogens with zero attached hydrogens (tertiary/aromatic N) is 5. The Morgan fingerprint density at radius 1 is 1.20 bits per heavy atom. The van der Waals surface area contributed by atoms with Crippen molar-refractivity contribution >= 4 is 0 Å². The van der Waals surface area contributed by atoms with E-state index in [1.165, 1.54) is 0 Å². The summed E-state index contributed by atoms with van der Waals surface area (Å²) in [4.78, 5) is 10.3. The van der Waals surface area contributed by atoms with Crippen LogP contribution in [-0.2, 0) is 12.7 Å². The van der Waals surface area contributed by atoms with Gasteiger partial charge >= 0.3 is 12.1 Å². The Bertz CT molecular complexity index is 698. The van der Waals surface area contributed by atoms with Crippen LogP contribution in [0.5, 0.6) is 5.88 Å². The Balaban J connectivity index is 1.44. The molecule has 2 aromatic heterocycles. The van der Waals surface area contributed by atoms with Crippen LogP contribution in [0.4, 0.5) is 13.2 Å². The highest BCUT2D eigenvalue weighted by Gasteiger charge is 2.38. The van der Waals surface area contributed by atoms with Gasteiger partial charge in [-0.15, -0.1) is 10.2 Å². The molecule has 3 heterocycles. The molecule has 0 radical (unpaired) electrons. The number of hydrogen-bond acceptors (Lipinski definition) is 7. The molecule has 0 saturated carbocycles. The van der Waals surface area contributed by atoms with E-state index in [2.05, 4.69) is 24.6 Å². The highest BCUT2D eigenvalue weighted by atomic mass is 19.4. The third kappa shape index (κ3) is 4.65. The third-order valence-corrected chi connectivity index (χ3v) is 4.07. The minimum absolute atomic E-state index is 0.0165. The Labute approximate surface area is 142 Å². The molecular weight excluding hydrogens is 339 g/mol. The van der Waals surface area contributed by atoms with Crippen molar-refractivity contribution in [2.24, 2.45) is 5.92 Å². The molecule has 10 heteroatoms. The fraction of sp³-hybridized carbons (Fsp3) is 0.600. The molecule has 1 saturated heterocycles. The second-order valence-corrected chi connectivity index (χ2v) is 5.98. The number of aromatic nitrogens is 4. The number of halogens is 3. The number of piperidine rings is 1. The van der Waals surface area contributed by atoms with E-state index in [1.54, 1.807) is 12.4 Å². The molecule has 0 amide bonds. The van der Waals surface area contributed by atoms with Crippen LogP contribution in [-0.4, -0.2) is 44.8 Å². The van der Waals surface area contributed by atoms with Gasteiger partial charge in [0, 0.05) is 12.4 Å². The molecule has 1 aliphatic rings. The molecule has 7 nitrogen and oxygen atoms in total. The lowest BCUT2D eigenvalue weighted by Crippen LogP contribution is -2.35. The van der Waals surface area contributed by atoms with Gasteiger partial charge in [0.2, 0.25) is 11.8 Å². The largest absolute Gasteiger partial charge is 0.476 e. The smallest absolute Gasteiger partial charge is 0.470 e. The maximum absolute atomic E-state index is 12.5. The Hall–Kier alpha value is -2.23. The molecule has 3 rings (SSSR count). The third-order valence-electron chi connectivity index (χ3n) is 4.07. The summed E-state index contributed by atoms with van der Waals surface area (Å²) in [6.45, 7) is 4.07. The molecule has 1 fully saturated rings. The summed E-state index contributed by atoms with van der Waals surface area (Å²) in [5, 5.41) is 6.50. The first-order valence-corrected chi connectivity index (χ1v) is 7.94. The van der Waals surface area contributed by atoms with Crippen molar-refractivity contribution in [3.8, 4) is 5.88 Å². The molecule has 1 aliphatic heterocycles. The van der Waals surface area contributed by atoms with Crippen LogP contribution in [0.2, 0.25) is 0 Å². The van der Waals surface area contributed by atoms with Gasteiger partial charge in [0.05, 0.1) is 18.8 Å². The fourth-order valence-electron chi connectivity index (χ4n) is 2.67. The van der Waals surface area contributed by atoms with Gasteiger partial charge in [0.25, 0.3) is 0 Å². The standard InChI is InChI=1S/C15H18F3N5O2/c1-10-13(20-5-4-19-10)24-9-11-2-6-23(7-3-11)8-12-21-22-14(25-12)15(16,17)18/h4-5,11H,2-3,6-9H2,1H3. The van der Waals surface area contributed by atoms with Crippen LogP contribution >= 0.6 is 0 Å². The minimum Gasteiger partial charge on any atom is -0.476 e. The Morgan fingerprint density at radius 2 is 1.92 bits per heavy atom. The maximum Gasteiger partial charge on any atom is 0.470 e. The van der Waals surface area contributed by atoms with E-state index in [9.17, 15) is 13.2 Å². The van der Waals surface area contributed by atoms with Gasteiger partial charge < -0.3 is 9.15 Å². The van der Waals surface area contributed by atoms with Gasteiger partial charge in [0.15, 0.2) is 0 Å². The zero-order valence-electron chi connectivity index (χ0n) is 13.7. The van der Waals surface area contributed by atoms with Gasteiger partial charge in [-0.05, 0) is 38.8 Å². The maximum atomic E-state index is 12.5. The quantitative estimate of drug-likeness (QED) is 0.813. The summed E-state index contributed by atoms with van der Waals surface area (Å²) in [6.07, 6.45) is 0.347. The summed E-state index contributed by atoms with van der Waals surface area (Å²) < 4.78 is 47.7. The topological polar surface area (TPSA) is 77.2 Å². The highest BCUT2D eigenvalue weighted by Crippen LogP contribution is 2.28. The van der Waals surface area contributed by atoms with Crippen molar-refractivity contribution in [1.82, 2.24) is 25.1 Å². The zero-order chi connectivity index (χ0) is 17.9. The van der Waals surface area contributed by atoms with E-state index in [1.807, 2.05) is 11.8 Å². The number of rotatable bonds is 5. The summed E-state index contributed by atoms with van der Waals surface area (Å²) in [7, 11) is 0. The number of ether oxygens (including phenoxy) is 1. The van der Waals surface area contributed by atoms with E-state index in [0.29, 0.717) is 18.4 Å². The first-order chi connectivity index (χ1) is 11.9. The lowest BCUT2D eigenvalue weighted by atomic mass is 9.98. The van der Waals surface area contributed by atoms with E-state index in [4.69, 9.17) is 4.74 Å². The second kappa shape index (κ2) is 7.34. The molecule has 0 aromatic carbocycles. The monoisotopic (exact) mass is 357 g/mol. The van der Waals surface area contributed by atoms with Crippen LogP contribution < -0.4 is 4.74 Å². The van der Waals surface area contributed by atoms with Crippen LogP contribution in [0.3, 0.4) is 0 Å². The predicted octanol–water partition coefficient (Wildman–Crippen LogP) is 2.48. The summed E-state index contributed by atoms with van der Waals surface area (Å²) in [5.41, 5.74) is 0.747.